The highest BCUT2D eigenvalue weighted by atomic mass is 32.2. The van der Waals surface area contributed by atoms with Crippen LogP contribution in [0.1, 0.15) is 18.4 Å². The Balaban J connectivity index is 1.81. The third-order valence-corrected chi connectivity index (χ3v) is 4.84. The van der Waals surface area contributed by atoms with Crippen LogP contribution in [-0.4, -0.2) is 50.9 Å². The van der Waals surface area contributed by atoms with Gasteiger partial charge in [0.2, 0.25) is 5.91 Å². The molecule has 0 radical (unpaired) electrons. The quantitative estimate of drug-likeness (QED) is 0.850. The second-order valence-electron chi connectivity index (χ2n) is 5.98. The largest absolute Gasteiger partial charge is 0.355 e. The average Bonchev–Trinajstić information content (AvgIpc) is 2.47. The molecule has 2 rings (SSSR count). The third-order valence-electron chi connectivity index (χ3n) is 3.90. The first kappa shape index (κ1) is 17.0. The summed E-state index contributed by atoms with van der Waals surface area (Å²) in [6.45, 7) is 2.79. The van der Waals surface area contributed by atoms with Gasteiger partial charge in [-0.15, -0.1) is 0 Å². The molecule has 1 aliphatic heterocycles. The number of likely N-dealkylation sites (tertiary alicyclic amines) is 1. The summed E-state index contributed by atoms with van der Waals surface area (Å²) in [7, 11) is -3.03. The molecule has 6 heteroatoms. The van der Waals surface area contributed by atoms with Gasteiger partial charge in [-0.2, -0.15) is 0 Å². The molecule has 1 amide bonds. The van der Waals surface area contributed by atoms with Crippen molar-refractivity contribution < 1.29 is 13.2 Å². The van der Waals surface area contributed by atoms with Crippen LogP contribution in [0.2, 0.25) is 0 Å². The van der Waals surface area contributed by atoms with Crippen LogP contribution in [0.3, 0.4) is 0 Å². The fourth-order valence-electron chi connectivity index (χ4n) is 2.76. The molecule has 0 aliphatic carbocycles. The molecule has 0 saturated carbocycles. The van der Waals surface area contributed by atoms with E-state index in [4.69, 9.17) is 0 Å². The molecule has 0 aromatic heterocycles. The SMILES string of the molecule is CS(=O)(=O)CCNC(=O)C1CCCN(Cc2ccccc2)C1. The highest BCUT2D eigenvalue weighted by Gasteiger charge is 2.25. The molecule has 1 aliphatic rings. The molecule has 0 spiro atoms. The van der Waals surface area contributed by atoms with E-state index < -0.39 is 9.84 Å². The number of amides is 1. The van der Waals surface area contributed by atoms with E-state index in [9.17, 15) is 13.2 Å². The highest BCUT2D eigenvalue weighted by Crippen LogP contribution is 2.18. The number of hydrogen-bond donors (Lipinski definition) is 1. The van der Waals surface area contributed by atoms with Gasteiger partial charge in [-0.1, -0.05) is 30.3 Å². The Bertz CT molecular complexity index is 587. The lowest BCUT2D eigenvalue weighted by Crippen LogP contribution is -2.43. The summed E-state index contributed by atoms with van der Waals surface area (Å²) in [6, 6.07) is 10.2. The van der Waals surface area contributed by atoms with Crippen LogP contribution in [-0.2, 0) is 21.2 Å². The van der Waals surface area contributed by atoms with Gasteiger partial charge in [0.1, 0.15) is 9.84 Å². The molecule has 1 unspecified atom stereocenters. The topological polar surface area (TPSA) is 66.5 Å². The zero-order valence-electron chi connectivity index (χ0n) is 13.0. The van der Waals surface area contributed by atoms with Crippen molar-refractivity contribution in [1.82, 2.24) is 10.2 Å². The van der Waals surface area contributed by atoms with Crippen LogP contribution < -0.4 is 5.32 Å². The number of carbonyl (C=O) groups is 1. The maximum absolute atomic E-state index is 12.1. The predicted molar refractivity (Wildman–Crippen MR) is 87.2 cm³/mol. The van der Waals surface area contributed by atoms with Crippen molar-refractivity contribution in [3.05, 3.63) is 35.9 Å². The second kappa shape index (κ2) is 7.74. The number of nitrogens with one attached hydrogen (secondary N) is 1. The van der Waals surface area contributed by atoms with Gasteiger partial charge in [0, 0.05) is 25.9 Å². The van der Waals surface area contributed by atoms with E-state index in [-0.39, 0.29) is 24.1 Å². The molecule has 1 aromatic rings. The fourth-order valence-corrected chi connectivity index (χ4v) is 3.23. The number of benzene rings is 1. The Morgan fingerprint density at radius 3 is 2.73 bits per heavy atom. The molecule has 1 atom stereocenters. The lowest BCUT2D eigenvalue weighted by atomic mass is 9.96. The first-order chi connectivity index (χ1) is 10.4. The minimum Gasteiger partial charge on any atom is -0.355 e. The number of rotatable bonds is 6. The Morgan fingerprint density at radius 1 is 1.32 bits per heavy atom. The number of carbonyl (C=O) groups excluding carboxylic acids is 1. The molecule has 1 heterocycles. The number of piperidine rings is 1. The Morgan fingerprint density at radius 2 is 2.05 bits per heavy atom. The minimum atomic E-state index is -3.03. The van der Waals surface area contributed by atoms with E-state index in [1.54, 1.807) is 0 Å². The first-order valence-corrected chi connectivity index (χ1v) is 9.72. The summed E-state index contributed by atoms with van der Waals surface area (Å²) in [4.78, 5) is 14.4. The standard InChI is InChI=1S/C16H24N2O3S/c1-22(20,21)11-9-17-16(19)15-8-5-10-18(13-15)12-14-6-3-2-4-7-14/h2-4,6-7,15H,5,8-13H2,1H3,(H,17,19). The summed E-state index contributed by atoms with van der Waals surface area (Å²) < 4.78 is 22.2. The van der Waals surface area contributed by atoms with E-state index in [1.807, 2.05) is 18.2 Å². The van der Waals surface area contributed by atoms with Crippen LogP contribution in [0.15, 0.2) is 30.3 Å². The van der Waals surface area contributed by atoms with E-state index in [2.05, 4.69) is 22.3 Å². The first-order valence-electron chi connectivity index (χ1n) is 7.66. The van der Waals surface area contributed by atoms with Crippen molar-refractivity contribution >= 4 is 15.7 Å². The smallest absolute Gasteiger partial charge is 0.224 e. The molecule has 1 N–H and O–H groups in total. The van der Waals surface area contributed by atoms with Crippen molar-refractivity contribution in [2.75, 3.05) is 31.6 Å². The van der Waals surface area contributed by atoms with Gasteiger partial charge in [0.25, 0.3) is 0 Å². The Labute approximate surface area is 132 Å². The van der Waals surface area contributed by atoms with E-state index in [1.165, 1.54) is 11.8 Å². The van der Waals surface area contributed by atoms with E-state index >= 15 is 0 Å². The average molecular weight is 324 g/mol. The Hall–Kier alpha value is -1.40. The maximum atomic E-state index is 12.1. The summed E-state index contributed by atoms with van der Waals surface area (Å²) in [5, 5.41) is 2.75. The van der Waals surface area contributed by atoms with Gasteiger partial charge in [-0.25, -0.2) is 8.42 Å². The molecule has 1 saturated heterocycles. The van der Waals surface area contributed by atoms with E-state index in [0.717, 1.165) is 32.5 Å². The van der Waals surface area contributed by atoms with Crippen LogP contribution in [0.5, 0.6) is 0 Å². The molecule has 122 valence electrons. The van der Waals surface area contributed by atoms with Crippen molar-refractivity contribution in [3.63, 3.8) is 0 Å². The second-order valence-corrected chi connectivity index (χ2v) is 8.24. The molecule has 22 heavy (non-hydrogen) atoms. The van der Waals surface area contributed by atoms with Gasteiger partial charge >= 0.3 is 0 Å². The number of hydrogen-bond acceptors (Lipinski definition) is 4. The molecule has 5 nitrogen and oxygen atoms in total. The fraction of sp³-hybridized carbons (Fsp3) is 0.562. The molecule has 1 fully saturated rings. The summed E-state index contributed by atoms with van der Waals surface area (Å²) in [5.74, 6) is -0.0717. The lowest BCUT2D eigenvalue weighted by Gasteiger charge is -2.32. The molecule has 1 aromatic carbocycles. The van der Waals surface area contributed by atoms with Gasteiger partial charge < -0.3 is 5.32 Å². The number of sulfone groups is 1. The van der Waals surface area contributed by atoms with Crippen molar-refractivity contribution in [2.24, 2.45) is 5.92 Å². The summed E-state index contributed by atoms with van der Waals surface area (Å²) >= 11 is 0. The molecular formula is C16H24N2O3S. The third kappa shape index (κ3) is 5.77. The van der Waals surface area contributed by atoms with Crippen LogP contribution in [0, 0.1) is 5.92 Å². The molecule has 0 bridgehead atoms. The predicted octanol–water partition coefficient (Wildman–Crippen LogP) is 1.06. The van der Waals surface area contributed by atoms with Crippen LogP contribution >= 0.6 is 0 Å². The normalized spacial score (nSPS) is 19.8. The van der Waals surface area contributed by atoms with Gasteiger partial charge in [0.15, 0.2) is 0 Å². The minimum absolute atomic E-state index is 0.000804. The van der Waals surface area contributed by atoms with Crippen molar-refractivity contribution in [2.45, 2.75) is 19.4 Å². The van der Waals surface area contributed by atoms with Gasteiger partial charge in [-0.3, -0.25) is 9.69 Å². The van der Waals surface area contributed by atoms with Gasteiger partial charge in [0.05, 0.1) is 11.7 Å². The zero-order chi connectivity index (χ0) is 16.0. The monoisotopic (exact) mass is 324 g/mol. The van der Waals surface area contributed by atoms with Crippen molar-refractivity contribution in [1.29, 1.82) is 0 Å². The van der Waals surface area contributed by atoms with Gasteiger partial charge in [-0.05, 0) is 24.9 Å². The van der Waals surface area contributed by atoms with E-state index in [0.29, 0.717) is 0 Å². The molecular weight excluding hydrogens is 300 g/mol. The van der Waals surface area contributed by atoms with Crippen molar-refractivity contribution in [3.8, 4) is 0 Å². The Kier molecular flexibility index (Phi) is 5.97. The number of nitrogens with zero attached hydrogens (tertiary/aromatic N) is 1. The van der Waals surface area contributed by atoms with Crippen LogP contribution in [0.25, 0.3) is 0 Å². The maximum Gasteiger partial charge on any atom is 0.224 e. The van der Waals surface area contributed by atoms with Crippen LogP contribution in [0.4, 0.5) is 0 Å². The summed E-state index contributed by atoms with van der Waals surface area (Å²) in [6.07, 6.45) is 3.05. The lowest BCUT2D eigenvalue weighted by molar-refractivity contribution is -0.126. The summed E-state index contributed by atoms with van der Waals surface area (Å²) in [5.41, 5.74) is 1.25. The zero-order valence-corrected chi connectivity index (χ0v) is 13.8. The highest BCUT2D eigenvalue weighted by molar-refractivity contribution is 7.90.